The summed E-state index contributed by atoms with van der Waals surface area (Å²) < 4.78 is 18.5. The third-order valence-corrected chi connectivity index (χ3v) is 29.5. The Balaban J connectivity index is 0.000000111. The van der Waals surface area contributed by atoms with Crippen molar-refractivity contribution in [3.8, 4) is 89.0 Å². The van der Waals surface area contributed by atoms with Gasteiger partial charge in [0.05, 0.1) is 0 Å². The van der Waals surface area contributed by atoms with Crippen LogP contribution in [0.5, 0.6) is 0 Å². The first-order chi connectivity index (χ1) is 74.4. The van der Waals surface area contributed by atoms with Crippen LogP contribution in [0.1, 0.15) is 0 Å². The summed E-state index contributed by atoms with van der Waals surface area (Å²) in [7, 11) is 0. The maximum atomic E-state index is 6.18. The molecule has 0 bridgehead atoms. The first-order valence-electron chi connectivity index (χ1n) is 51.2. The highest BCUT2D eigenvalue weighted by Gasteiger charge is 2.27. The Morgan fingerprint density at radius 3 is 0.580 bits per heavy atom. The first kappa shape index (κ1) is 89.0. The Hall–Kier alpha value is -19.9. The molecule has 0 atom stereocenters. The predicted molar refractivity (Wildman–Crippen MR) is 634 cm³/mol. The fourth-order valence-electron chi connectivity index (χ4n) is 22.8. The van der Waals surface area contributed by atoms with Crippen molar-refractivity contribution in [2.24, 2.45) is 0 Å². The second-order valence-corrected chi connectivity index (χ2v) is 38.3. The molecule has 0 amide bonds. The van der Waals surface area contributed by atoms with Crippen molar-refractivity contribution in [2.75, 3.05) is 14.7 Å². The van der Waals surface area contributed by atoms with Crippen molar-refractivity contribution in [2.45, 2.75) is 0 Å². The third-order valence-electron chi connectivity index (χ3n) is 29.5. The zero-order valence-electron chi connectivity index (χ0n) is 81.9. The molecule has 0 aliphatic rings. The second kappa shape index (κ2) is 38.6. The third kappa shape index (κ3) is 16.3. The van der Waals surface area contributed by atoms with Gasteiger partial charge in [0, 0.05) is 83.5 Å². The molecular formula is C144H95N3O3. The smallest absolute Gasteiger partial charge is 0.135 e. The summed E-state index contributed by atoms with van der Waals surface area (Å²) >= 11 is 0. The van der Waals surface area contributed by atoms with Gasteiger partial charge < -0.3 is 28.0 Å². The second-order valence-electron chi connectivity index (χ2n) is 38.3. The fourth-order valence-corrected chi connectivity index (χ4v) is 22.8. The quantitative estimate of drug-likeness (QED) is 0.0847. The van der Waals surface area contributed by atoms with E-state index in [4.69, 9.17) is 13.3 Å². The maximum Gasteiger partial charge on any atom is 0.135 e. The number of hydrogen-bond donors (Lipinski definition) is 0. The van der Waals surface area contributed by atoms with Gasteiger partial charge in [-0.3, -0.25) is 0 Å². The van der Waals surface area contributed by atoms with Gasteiger partial charge >= 0.3 is 0 Å². The summed E-state index contributed by atoms with van der Waals surface area (Å²) in [6, 6.07) is 206. The van der Waals surface area contributed by atoms with Gasteiger partial charge in [-0.1, -0.05) is 425 Å². The molecule has 26 aromatic carbocycles. The largest absolute Gasteiger partial charge is 0.456 e. The minimum atomic E-state index is 0.891. The van der Waals surface area contributed by atoms with Gasteiger partial charge in [-0.05, 0) is 305 Å². The van der Waals surface area contributed by atoms with E-state index in [1.165, 1.54) is 154 Å². The van der Waals surface area contributed by atoms with Gasteiger partial charge in [0.15, 0.2) is 0 Å². The lowest BCUT2D eigenvalue weighted by Crippen LogP contribution is -2.09. The maximum absolute atomic E-state index is 6.18. The lowest BCUT2D eigenvalue weighted by atomic mass is 9.85. The average molecular weight is 1920 g/mol. The highest BCUT2D eigenvalue weighted by Crippen LogP contribution is 2.52. The van der Waals surface area contributed by atoms with Crippen LogP contribution in [0.2, 0.25) is 0 Å². The van der Waals surface area contributed by atoms with Gasteiger partial charge in [-0.2, -0.15) is 0 Å². The summed E-state index contributed by atoms with van der Waals surface area (Å²) in [5, 5.41) is 21.7. The summed E-state index contributed by atoms with van der Waals surface area (Å²) in [5.74, 6) is 0. The Kier molecular flexibility index (Phi) is 22.9. The van der Waals surface area contributed by atoms with E-state index < -0.39 is 0 Å². The van der Waals surface area contributed by atoms with Crippen LogP contribution in [0.15, 0.2) is 590 Å². The molecule has 150 heavy (non-hydrogen) atoms. The van der Waals surface area contributed by atoms with Crippen molar-refractivity contribution in [1.82, 2.24) is 0 Å². The molecule has 0 N–H and O–H groups in total. The molecule has 0 spiro atoms. The number of benzene rings is 26. The number of rotatable bonds is 17. The molecule has 6 nitrogen and oxygen atoms in total. The molecule has 0 aliphatic carbocycles. The SMILES string of the molecule is c1ccc(-c2c3ccccc3c(-c3cccc(N(c4ccccc4)c4ccc5oc6ccccc6c5c4)c3)c3ccccc23)cc1.c1ccc(-c2ccc(-c3c4ccccc4c(-c4ccc(N(c5ccccc5)c5ccc6oc7ccccc7c6c5)cc4)c4ccccc34)cc2)cc1.c1ccc(-c2cccc(-c3c4ccccc4c(-c4ccc(N(c5ccccc5)c5ccc6oc7ccccc7c6c5)cc4)c4ccccc34)c2)cc1. The van der Waals surface area contributed by atoms with E-state index in [1.54, 1.807) is 0 Å². The minimum Gasteiger partial charge on any atom is -0.456 e. The van der Waals surface area contributed by atoms with Crippen molar-refractivity contribution in [1.29, 1.82) is 0 Å². The summed E-state index contributed by atoms with van der Waals surface area (Å²) in [6.45, 7) is 0. The molecular weight excluding hydrogens is 1820 g/mol. The molecule has 0 aliphatic heterocycles. The van der Waals surface area contributed by atoms with E-state index in [0.717, 1.165) is 117 Å². The molecule has 0 unspecified atom stereocenters. The van der Waals surface area contributed by atoms with E-state index >= 15 is 0 Å². The number of furan rings is 3. The van der Waals surface area contributed by atoms with Crippen LogP contribution >= 0.6 is 0 Å². The zero-order valence-corrected chi connectivity index (χ0v) is 81.9. The van der Waals surface area contributed by atoms with Crippen LogP contribution in [-0.2, 0) is 0 Å². The first-order valence-corrected chi connectivity index (χ1v) is 51.2. The molecule has 29 rings (SSSR count). The van der Waals surface area contributed by atoms with Gasteiger partial charge in [-0.25, -0.2) is 0 Å². The highest BCUT2D eigenvalue weighted by atomic mass is 16.3. The molecule has 0 saturated carbocycles. The molecule has 29 aromatic rings. The molecule has 6 heteroatoms. The van der Waals surface area contributed by atoms with Crippen LogP contribution in [-0.4, -0.2) is 0 Å². The minimum absolute atomic E-state index is 0.891. The lowest BCUT2D eigenvalue weighted by Gasteiger charge is -2.26. The van der Waals surface area contributed by atoms with Crippen LogP contribution in [0.4, 0.5) is 51.2 Å². The lowest BCUT2D eigenvalue weighted by molar-refractivity contribution is 0.668. The number of anilines is 9. The monoisotopic (exact) mass is 1910 g/mol. The topological polar surface area (TPSA) is 49.1 Å². The zero-order chi connectivity index (χ0) is 99.3. The standard InChI is InChI=1S/2C50H33NO.C44H29NO/c1-3-14-34(15-4-1)36-16-13-17-37(32-36)50-44-23-9-7-21-42(44)49(43-22-8-10-24-45(43)50)35-26-28-39(29-27-35)51(38-18-5-2-6-19-38)40-30-31-48-46(33-40)41-20-11-12-25-47(41)52-48;1-3-13-34(14-4-1)35-23-25-36(26-24-35)49-42-18-7-9-20-44(42)50(45-21-10-8-19-43(45)49)37-27-29-39(30-28-37)51(38-15-5-2-6-16-38)40-31-32-48-46(33-40)41-17-11-12-22-47(41)52-48;1-3-14-30(15-4-1)43-36-21-7-9-23-38(36)44(39-24-10-8-22-37(39)43)31-16-13-19-33(28-31)45(32-17-5-2-6-18-32)34-26-27-42-40(29-34)35-20-11-12-25-41(35)46-42/h2*1-33H;1-29H. The van der Waals surface area contributed by atoms with E-state index in [0.29, 0.717) is 0 Å². The van der Waals surface area contributed by atoms with Crippen molar-refractivity contribution >= 4 is 182 Å². The van der Waals surface area contributed by atoms with E-state index in [2.05, 4.69) is 555 Å². The van der Waals surface area contributed by atoms with Crippen molar-refractivity contribution < 1.29 is 13.3 Å². The van der Waals surface area contributed by atoms with Gasteiger partial charge in [0.1, 0.15) is 33.5 Å². The van der Waals surface area contributed by atoms with Crippen LogP contribution in [0, 0.1) is 0 Å². The molecule has 704 valence electrons. The van der Waals surface area contributed by atoms with Gasteiger partial charge in [0.25, 0.3) is 0 Å². The Morgan fingerprint density at radius 1 is 0.0933 bits per heavy atom. The number of nitrogens with zero attached hydrogens (tertiary/aromatic N) is 3. The molecule has 0 radical (unpaired) electrons. The highest BCUT2D eigenvalue weighted by molar-refractivity contribution is 6.25. The molecule has 3 heterocycles. The number of para-hydroxylation sites is 6. The van der Waals surface area contributed by atoms with Crippen LogP contribution < -0.4 is 14.7 Å². The Morgan fingerprint density at radius 2 is 0.267 bits per heavy atom. The van der Waals surface area contributed by atoms with Gasteiger partial charge in [-0.15, -0.1) is 0 Å². The van der Waals surface area contributed by atoms with Crippen LogP contribution in [0.25, 0.3) is 219 Å². The molecule has 3 aromatic heterocycles. The fraction of sp³-hybridized carbons (Fsp3) is 0. The summed E-state index contributed by atoms with van der Waals surface area (Å²) in [5.41, 5.74) is 34.8. The molecule has 0 fully saturated rings. The number of hydrogen-bond acceptors (Lipinski definition) is 6. The van der Waals surface area contributed by atoms with Gasteiger partial charge in [0.2, 0.25) is 0 Å². The predicted octanol–water partition coefficient (Wildman–Crippen LogP) is 41.4. The van der Waals surface area contributed by atoms with E-state index in [9.17, 15) is 0 Å². The van der Waals surface area contributed by atoms with Crippen molar-refractivity contribution in [3.63, 3.8) is 0 Å². The Bertz CT molecular complexity index is 9960. The average Bonchev–Trinajstić information content (AvgIpc) is 1.17. The van der Waals surface area contributed by atoms with E-state index in [-0.39, 0.29) is 0 Å². The number of fused-ring (bicyclic) bond motifs is 15. The normalized spacial score (nSPS) is 11.5. The van der Waals surface area contributed by atoms with Crippen molar-refractivity contribution in [3.05, 3.63) is 576 Å². The summed E-state index contributed by atoms with van der Waals surface area (Å²) in [6.07, 6.45) is 0. The molecule has 0 saturated heterocycles. The van der Waals surface area contributed by atoms with Crippen LogP contribution in [0.3, 0.4) is 0 Å². The summed E-state index contributed by atoms with van der Waals surface area (Å²) in [4.78, 5) is 6.99. The van der Waals surface area contributed by atoms with E-state index in [1.807, 2.05) is 36.4 Å². The Labute approximate surface area is 868 Å².